The van der Waals surface area contributed by atoms with Gasteiger partial charge in [0.25, 0.3) is 7.82 Å². The molecule has 0 spiro atoms. The van der Waals surface area contributed by atoms with Gasteiger partial charge in [-0.1, -0.05) is 195 Å². The second-order valence-corrected chi connectivity index (χ2v) is 19.5. The summed E-state index contributed by atoms with van der Waals surface area (Å²) in [6.45, 7) is 4.49. The number of carbonyl (C=O) groups excluding carboxylic acids is 1. The number of amides is 1. The normalized spacial score (nSPS) is 14.8. The third-order valence-electron chi connectivity index (χ3n) is 10.8. The van der Waals surface area contributed by atoms with Crippen molar-refractivity contribution in [3.63, 3.8) is 0 Å². The number of hydrogen-bond donors (Lipinski definition) is 2. The van der Waals surface area contributed by atoms with Crippen molar-refractivity contribution in [2.75, 3.05) is 40.9 Å². The zero-order chi connectivity index (χ0) is 46.4. The van der Waals surface area contributed by atoms with E-state index in [2.05, 4.69) is 92.1 Å². The maximum Gasteiger partial charge on any atom is 0.268 e. The van der Waals surface area contributed by atoms with Crippen molar-refractivity contribution >= 4 is 13.7 Å². The van der Waals surface area contributed by atoms with Crippen LogP contribution in [-0.2, 0) is 18.4 Å². The number of hydrogen-bond acceptors (Lipinski definition) is 6. The first-order chi connectivity index (χ1) is 30.5. The Bertz CT molecular complexity index is 1300. The fraction of sp³-hybridized carbons (Fsp3) is 0.722. The van der Waals surface area contributed by atoms with Crippen LogP contribution in [-0.4, -0.2) is 68.5 Å². The molecule has 364 valence electrons. The van der Waals surface area contributed by atoms with Gasteiger partial charge in [0.1, 0.15) is 13.2 Å². The van der Waals surface area contributed by atoms with E-state index >= 15 is 0 Å². The van der Waals surface area contributed by atoms with E-state index in [1.807, 2.05) is 27.2 Å². The predicted molar refractivity (Wildman–Crippen MR) is 270 cm³/mol. The molecule has 0 bridgehead atoms. The first kappa shape index (κ1) is 60.7. The third-order valence-corrected chi connectivity index (χ3v) is 11.8. The minimum atomic E-state index is -4.61. The molecule has 0 fully saturated rings. The maximum absolute atomic E-state index is 12.9. The van der Waals surface area contributed by atoms with E-state index in [1.165, 1.54) is 89.9 Å². The zero-order valence-electron chi connectivity index (χ0n) is 41.2. The summed E-state index contributed by atoms with van der Waals surface area (Å²) < 4.78 is 23.2. The first-order valence-electron chi connectivity index (χ1n) is 25.4. The summed E-state index contributed by atoms with van der Waals surface area (Å²) in [4.78, 5) is 25.4. The highest BCUT2D eigenvalue weighted by molar-refractivity contribution is 7.45. The Morgan fingerprint density at radius 3 is 1.48 bits per heavy atom. The van der Waals surface area contributed by atoms with Crippen LogP contribution >= 0.6 is 7.82 Å². The molecule has 63 heavy (non-hydrogen) atoms. The Kier molecular flexibility index (Phi) is 43.2. The molecule has 0 heterocycles. The number of phosphoric ester groups is 1. The first-order valence-corrected chi connectivity index (χ1v) is 26.9. The number of aliphatic hydroxyl groups excluding tert-OH is 1. The van der Waals surface area contributed by atoms with Crippen molar-refractivity contribution in [3.8, 4) is 0 Å². The Morgan fingerprint density at radius 2 is 0.984 bits per heavy atom. The highest BCUT2D eigenvalue weighted by Crippen LogP contribution is 2.38. The summed E-state index contributed by atoms with van der Waals surface area (Å²) in [6.07, 6.45) is 62.1. The van der Waals surface area contributed by atoms with Crippen LogP contribution in [0.1, 0.15) is 200 Å². The Hall–Kier alpha value is -2.32. The Balaban J connectivity index is 4.44. The monoisotopic (exact) mass is 901 g/mol. The quantitative estimate of drug-likeness (QED) is 0.0273. The van der Waals surface area contributed by atoms with E-state index in [0.717, 1.165) is 89.9 Å². The molecule has 3 unspecified atom stereocenters. The molecule has 1 amide bonds. The van der Waals surface area contributed by atoms with Gasteiger partial charge in [-0.15, -0.1) is 0 Å². The number of likely N-dealkylation sites (N-methyl/N-ethyl adjacent to an activating group) is 1. The molecule has 0 aromatic carbocycles. The van der Waals surface area contributed by atoms with Gasteiger partial charge in [-0.2, -0.15) is 0 Å². The number of nitrogens with one attached hydrogen (secondary N) is 1. The van der Waals surface area contributed by atoms with Crippen LogP contribution in [0.5, 0.6) is 0 Å². The average Bonchev–Trinajstić information content (AvgIpc) is 3.24. The second kappa shape index (κ2) is 44.9. The molecule has 0 aliphatic heterocycles. The van der Waals surface area contributed by atoms with E-state index in [4.69, 9.17) is 9.05 Å². The lowest BCUT2D eigenvalue weighted by atomic mass is 10.0. The number of unbranched alkanes of at least 4 members (excludes halogenated alkanes) is 20. The van der Waals surface area contributed by atoms with Crippen LogP contribution in [0.15, 0.2) is 85.1 Å². The summed E-state index contributed by atoms with van der Waals surface area (Å²) in [5, 5.41) is 13.8. The van der Waals surface area contributed by atoms with E-state index in [9.17, 15) is 19.4 Å². The maximum atomic E-state index is 12.9. The lowest BCUT2D eigenvalue weighted by Gasteiger charge is -2.29. The molecular formula is C54H97N2O6P. The summed E-state index contributed by atoms with van der Waals surface area (Å²) in [7, 11) is 1.21. The fourth-order valence-electron chi connectivity index (χ4n) is 6.82. The Morgan fingerprint density at radius 1 is 0.571 bits per heavy atom. The SMILES string of the molecule is CC/C=C\C/C=C\C/C=C\C/C=C\CCCCCCCCC(=O)NC(COP(=O)([O-])OCC[N+](C)(C)C)C(O)/C=C/CC/C=C/CC/C=C/CCCCCCCCCCCCCC. The highest BCUT2D eigenvalue weighted by Gasteiger charge is 2.23. The number of aliphatic hydroxyl groups is 1. The number of quaternary nitrogens is 1. The van der Waals surface area contributed by atoms with E-state index < -0.39 is 26.6 Å². The number of phosphoric acid groups is 1. The molecule has 2 N–H and O–H groups in total. The molecule has 9 heteroatoms. The number of allylic oxidation sites excluding steroid dienone is 13. The van der Waals surface area contributed by atoms with Gasteiger partial charge in [0, 0.05) is 6.42 Å². The minimum Gasteiger partial charge on any atom is -0.756 e. The summed E-state index contributed by atoms with van der Waals surface area (Å²) >= 11 is 0. The van der Waals surface area contributed by atoms with Crippen molar-refractivity contribution in [2.45, 2.75) is 212 Å². The largest absolute Gasteiger partial charge is 0.756 e. The number of rotatable bonds is 45. The molecule has 0 rings (SSSR count). The zero-order valence-corrected chi connectivity index (χ0v) is 42.1. The number of carbonyl (C=O) groups is 1. The molecule has 0 saturated heterocycles. The molecule has 0 aliphatic rings. The standard InChI is InChI=1S/C54H97N2O6P/c1-6-8-10-12-14-16-18-20-22-24-26-27-28-30-31-33-35-37-39-41-43-45-47-53(57)52(51-62-63(59,60)61-50-49-56(3,4)5)55-54(58)48-46-44-42-40-38-36-34-32-29-25-23-21-19-17-15-13-11-9-7-2/h9,11,15,17,21,23,29-32,37,39,45,47,52-53,57H,6-8,10,12-14,16,18-20,22,24-28,33-36,38,40-44,46,48-51H2,1-5H3,(H-,55,58,59,60)/b11-9-,17-15-,23-21-,31-30+,32-29-,39-37+,47-45+. The van der Waals surface area contributed by atoms with Gasteiger partial charge in [0.15, 0.2) is 0 Å². The lowest BCUT2D eigenvalue weighted by Crippen LogP contribution is -2.45. The predicted octanol–water partition coefficient (Wildman–Crippen LogP) is 14.3. The van der Waals surface area contributed by atoms with E-state index in [0.29, 0.717) is 17.4 Å². The van der Waals surface area contributed by atoms with Crippen LogP contribution in [0, 0.1) is 0 Å². The van der Waals surface area contributed by atoms with E-state index in [1.54, 1.807) is 6.08 Å². The van der Waals surface area contributed by atoms with Crippen LogP contribution in [0.4, 0.5) is 0 Å². The molecule has 0 radical (unpaired) electrons. The second-order valence-electron chi connectivity index (χ2n) is 18.1. The van der Waals surface area contributed by atoms with E-state index in [-0.39, 0.29) is 12.5 Å². The van der Waals surface area contributed by atoms with Gasteiger partial charge in [-0.05, 0) is 83.5 Å². The molecule has 0 aliphatic carbocycles. The van der Waals surface area contributed by atoms with Gasteiger partial charge in [-0.3, -0.25) is 9.36 Å². The Labute approximate surface area is 388 Å². The van der Waals surface area contributed by atoms with Crippen LogP contribution in [0.2, 0.25) is 0 Å². The van der Waals surface area contributed by atoms with Crippen molar-refractivity contribution in [3.05, 3.63) is 85.1 Å². The van der Waals surface area contributed by atoms with Crippen LogP contribution < -0.4 is 10.2 Å². The minimum absolute atomic E-state index is 0.0164. The topological polar surface area (TPSA) is 108 Å². The average molecular weight is 901 g/mol. The molecule has 8 nitrogen and oxygen atoms in total. The molecular weight excluding hydrogens is 804 g/mol. The molecule has 3 atom stereocenters. The summed E-state index contributed by atoms with van der Waals surface area (Å²) in [5.41, 5.74) is 0. The third kappa shape index (κ3) is 47.5. The summed E-state index contributed by atoms with van der Waals surface area (Å²) in [5.74, 6) is -0.229. The van der Waals surface area contributed by atoms with Crippen molar-refractivity contribution in [2.24, 2.45) is 0 Å². The van der Waals surface area contributed by atoms with Crippen LogP contribution in [0.25, 0.3) is 0 Å². The molecule has 0 aromatic heterocycles. The number of nitrogens with zero attached hydrogens (tertiary/aromatic N) is 1. The van der Waals surface area contributed by atoms with Gasteiger partial charge in [0.2, 0.25) is 5.91 Å². The smallest absolute Gasteiger partial charge is 0.268 e. The van der Waals surface area contributed by atoms with Gasteiger partial charge in [-0.25, -0.2) is 0 Å². The fourth-order valence-corrected chi connectivity index (χ4v) is 7.54. The van der Waals surface area contributed by atoms with Crippen molar-refractivity contribution in [1.29, 1.82) is 0 Å². The van der Waals surface area contributed by atoms with Crippen molar-refractivity contribution in [1.82, 2.24) is 5.32 Å². The molecule has 0 aromatic rings. The highest BCUT2D eigenvalue weighted by atomic mass is 31.2. The van der Waals surface area contributed by atoms with Gasteiger partial charge < -0.3 is 28.8 Å². The van der Waals surface area contributed by atoms with Crippen molar-refractivity contribution < 1.29 is 32.9 Å². The summed E-state index contributed by atoms with van der Waals surface area (Å²) in [6, 6.07) is -0.923. The van der Waals surface area contributed by atoms with Gasteiger partial charge in [0.05, 0.1) is 39.9 Å². The van der Waals surface area contributed by atoms with Gasteiger partial charge >= 0.3 is 0 Å². The lowest BCUT2D eigenvalue weighted by molar-refractivity contribution is -0.870. The molecule has 0 saturated carbocycles. The van der Waals surface area contributed by atoms with Crippen LogP contribution in [0.3, 0.4) is 0 Å².